The number of amides is 1. The van der Waals surface area contributed by atoms with Crippen molar-refractivity contribution < 1.29 is 24.5 Å². The van der Waals surface area contributed by atoms with E-state index < -0.39 is 29.1 Å². The van der Waals surface area contributed by atoms with Crippen molar-refractivity contribution in [3.63, 3.8) is 0 Å². The summed E-state index contributed by atoms with van der Waals surface area (Å²) in [6.45, 7) is 0. The van der Waals surface area contributed by atoms with Crippen molar-refractivity contribution in [1.29, 1.82) is 0 Å². The fraction of sp³-hybridized carbons (Fsp3) is 0.333. The first-order valence-electron chi connectivity index (χ1n) is 11.6. The second-order valence-electron chi connectivity index (χ2n) is 9.47. The normalized spacial score (nSPS) is 30.8. The standard InChI is InChI=1S/C27H25BrN2O5/c1-34-19-13-29-14-20-23(19)26(33)24(31)21(25(32)30-18-11-12-18)22(15-5-3-2-4-6-15)27(26,35-20)16-7-9-17(28)10-8-16/h2-10,13-14,18,21-22,24,31,33H,11-12H2,1H3,(H,30,32). The van der Waals surface area contributed by atoms with Crippen molar-refractivity contribution in [2.45, 2.75) is 42.1 Å². The molecule has 2 fully saturated rings. The Balaban J connectivity index is 1.66. The number of aliphatic hydroxyl groups excluding tert-OH is 1. The highest BCUT2D eigenvalue weighted by Gasteiger charge is 2.78. The molecule has 7 nitrogen and oxygen atoms in total. The first-order valence-corrected chi connectivity index (χ1v) is 12.4. The van der Waals surface area contributed by atoms with Crippen molar-refractivity contribution in [3.8, 4) is 11.5 Å². The van der Waals surface area contributed by atoms with Crippen LogP contribution in [0.2, 0.25) is 0 Å². The molecular weight excluding hydrogens is 512 g/mol. The Bertz CT molecular complexity index is 1280. The lowest BCUT2D eigenvalue weighted by Gasteiger charge is -2.40. The zero-order valence-electron chi connectivity index (χ0n) is 19.0. The van der Waals surface area contributed by atoms with E-state index in [2.05, 4.69) is 26.2 Å². The molecular formula is C27H25BrN2O5. The Morgan fingerprint density at radius 3 is 2.51 bits per heavy atom. The number of aromatic nitrogens is 1. The fourth-order valence-corrected chi connectivity index (χ4v) is 6.17. The number of methoxy groups -OCH3 is 1. The van der Waals surface area contributed by atoms with E-state index >= 15 is 0 Å². The highest BCUT2D eigenvalue weighted by Crippen LogP contribution is 2.69. The molecule has 180 valence electrons. The van der Waals surface area contributed by atoms with Gasteiger partial charge in [0.25, 0.3) is 0 Å². The summed E-state index contributed by atoms with van der Waals surface area (Å²) < 4.78 is 13.1. The largest absolute Gasteiger partial charge is 0.495 e. The Morgan fingerprint density at radius 2 is 1.86 bits per heavy atom. The zero-order valence-corrected chi connectivity index (χ0v) is 20.6. The van der Waals surface area contributed by atoms with Crippen LogP contribution in [0, 0.1) is 5.92 Å². The minimum atomic E-state index is -1.99. The third-order valence-corrected chi connectivity index (χ3v) is 8.07. The summed E-state index contributed by atoms with van der Waals surface area (Å²) >= 11 is 3.48. The van der Waals surface area contributed by atoms with Crippen LogP contribution in [0.25, 0.3) is 0 Å². The predicted octanol–water partition coefficient (Wildman–Crippen LogP) is 3.38. The number of benzene rings is 2. The quantitative estimate of drug-likeness (QED) is 0.462. The van der Waals surface area contributed by atoms with Crippen molar-refractivity contribution >= 4 is 21.8 Å². The van der Waals surface area contributed by atoms with Crippen LogP contribution in [0.1, 0.15) is 35.4 Å². The lowest BCUT2D eigenvalue weighted by molar-refractivity contribution is -0.154. The molecule has 1 amide bonds. The maximum atomic E-state index is 13.7. The molecule has 2 heterocycles. The van der Waals surface area contributed by atoms with Gasteiger partial charge >= 0.3 is 0 Å². The number of carbonyl (C=O) groups excluding carboxylic acids is 1. The lowest BCUT2D eigenvalue weighted by atomic mass is 9.70. The molecule has 2 saturated carbocycles. The molecule has 8 heteroatoms. The summed E-state index contributed by atoms with van der Waals surface area (Å²) in [7, 11) is 1.48. The third-order valence-electron chi connectivity index (χ3n) is 7.54. The summed E-state index contributed by atoms with van der Waals surface area (Å²) in [5.74, 6) is -1.38. The zero-order chi connectivity index (χ0) is 24.4. The molecule has 1 aliphatic heterocycles. The molecule has 5 atom stereocenters. The topological polar surface area (TPSA) is 101 Å². The summed E-state index contributed by atoms with van der Waals surface area (Å²) in [6.07, 6.45) is 3.34. The van der Waals surface area contributed by atoms with Gasteiger partial charge in [0.2, 0.25) is 5.91 Å². The van der Waals surface area contributed by atoms with Crippen LogP contribution < -0.4 is 14.8 Å². The second kappa shape index (κ2) is 8.05. The molecule has 2 aromatic carbocycles. The number of pyridine rings is 1. The molecule has 0 radical (unpaired) electrons. The van der Waals surface area contributed by atoms with Crippen molar-refractivity contribution in [3.05, 3.63) is 88.2 Å². The van der Waals surface area contributed by atoms with E-state index in [0.717, 1.165) is 22.9 Å². The number of aliphatic hydroxyl groups is 2. The van der Waals surface area contributed by atoms with E-state index in [9.17, 15) is 15.0 Å². The number of hydrogen-bond donors (Lipinski definition) is 3. The number of hydrogen-bond acceptors (Lipinski definition) is 6. The Morgan fingerprint density at radius 1 is 1.14 bits per heavy atom. The van der Waals surface area contributed by atoms with Gasteiger partial charge in [0.15, 0.2) is 11.2 Å². The molecule has 0 spiro atoms. The molecule has 3 aromatic rings. The van der Waals surface area contributed by atoms with E-state index in [4.69, 9.17) is 9.47 Å². The summed E-state index contributed by atoms with van der Waals surface area (Å²) in [6, 6.07) is 17.0. The number of carbonyl (C=O) groups is 1. The first kappa shape index (κ1) is 22.5. The van der Waals surface area contributed by atoms with Crippen LogP contribution in [-0.4, -0.2) is 40.4 Å². The van der Waals surface area contributed by atoms with Gasteiger partial charge < -0.3 is 25.0 Å². The van der Waals surface area contributed by atoms with Gasteiger partial charge in [0.1, 0.15) is 17.6 Å². The number of fused-ring (bicyclic) bond motifs is 3. The SMILES string of the molecule is COc1cncc2c1C1(O)C(O)C(C(=O)NC3CC3)C(c3ccccc3)C1(c1ccc(Br)cc1)O2. The molecule has 0 bridgehead atoms. The molecule has 35 heavy (non-hydrogen) atoms. The minimum Gasteiger partial charge on any atom is -0.495 e. The highest BCUT2D eigenvalue weighted by atomic mass is 79.9. The van der Waals surface area contributed by atoms with E-state index in [1.54, 1.807) is 0 Å². The lowest BCUT2D eigenvalue weighted by Crippen LogP contribution is -2.52. The molecule has 6 rings (SSSR count). The van der Waals surface area contributed by atoms with Gasteiger partial charge in [-0.1, -0.05) is 58.4 Å². The number of halogens is 1. The van der Waals surface area contributed by atoms with Crippen molar-refractivity contribution in [2.24, 2.45) is 5.92 Å². The smallest absolute Gasteiger partial charge is 0.226 e. The van der Waals surface area contributed by atoms with Crippen LogP contribution in [0.3, 0.4) is 0 Å². The number of nitrogens with zero attached hydrogens (tertiary/aromatic N) is 1. The fourth-order valence-electron chi connectivity index (χ4n) is 5.91. The van der Waals surface area contributed by atoms with E-state index in [-0.39, 0.29) is 17.7 Å². The molecule has 0 saturated heterocycles. The summed E-state index contributed by atoms with van der Waals surface area (Å²) in [4.78, 5) is 17.9. The van der Waals surface area contributed by atoms with Crippen LogP contribution >= 0.6 is 15.9 Å². The average Bonchev–Trinajstić information content (AvgIpc) is 3.61. The number of ether oxygens (including phenoxy) is 2. The van der Waals surface area contributed by atoms with Gasteiger partial charge in [-0.05, 0) is 36.1 Å². The van der Waals surface area contributed by atoms with Gasteiger partial charge in [0, 0.05) is 16.4 Å². The van der Waals surface area contributed by atoms with Gasteiger partial charge in [-0.2, -0.15) is 0 Å². The third kappa shape index (κ3) is 3.09. The Kier molecular flexibility index (Phi) is 5.18. The van der Waals surface area contributed by atoms with Crippen LogP contribution in [-0.2, 0) is 16.0 Å². The first-order chi connectivity index (χ1) is 16.9. The van der Waals surface area contributed by atoms with Crippen LogP contribution in [0.15, 0.2) is 71.5 Å². The maximum Gasteiger partial charge on any atom is 0.226 e. The van der Waals surface area contributed by atoms with Gasteiger partial charge in [0.05, 0.1) is 31.0 Å². The maximum absolute atomic E-state index is 13.7. The van der Waals surface area contributed by atoms with Gasteiger partial charge in [-0.25, -0.2) is 0 Å². The van der Waals surface area contributed by atoms with Crippen molar-refractivity contribution in [1.82, 2.24) is 10.3 Å². The Labute approximate surface area is 211 Å². The van der Waals surface area contributed by atoms with Crippen molar-refractivity contribution in [2.75, 3.05) is 7.11 Å². The predicted molar refractivity (Wildman–Crippen MR) is 131 cm³/mol. The number of rotatable bonds is 5. The Hall–Kier alpha value is -2.94. The molecule has 3 aliphatic rings. The highest BCUT2D eigenvalue weighted by molar-refractivity contribution is 9.10. The van der Waals surface area contributed by atoms with Gasteiger partial charge in [-0.3, -0.25) is 9.78 Å². The molecule has 2 aliphatic carbocycles. The summed E-state index contributed by atoms with van der Waals surface area (Å²) in [5, 5.41) is 27.6. The molecule has 1 aromatic heterocycles. The van der Waals surface area contributed by atoms with E-state index in [0.29, 0.717) is 16.9 Å². The van der Waals surface area contributed by atoms with Crippen LogP contribution in [0.5, 0.6) is 11.5 Å². The van der Waals surface area contributed by atoms with E-state index in [1.807, 2.05) is 54.6 Å². The average molecular weight is 537 g/mol. The molecule has 3 N–H and O–H groups in total. The monoisotopic (exact) mass is 536 g/mol. The van der Waals surface area contributed by atoms with E-state index in [1.165, 1.54) is 19.5 Å². The van der Waals surface area contributed by atoms with Crippen LogP contribution in [0.4, 0.5) is 0 Å². The summed E-state index contributed by atoms with van der Waals surface area (Å²) in [5.41, 5.74) is -1.79. The number of nitrogens with one attached hydrogen (secondary N) is 1. The minimum absolute atomic E-state index is 0.0942. The molecule has 5 unspecified atom stereocenters. The second-order valence-corrected chi connectivity index (χ2v) is 10.4. The van der Waals surface area contributed by atoms with Gasteiger partial charge in [-0.15, -0.1) is 0 Å².